The number of aromatic nitrogens is 2. The fraction of sp³-hybridized carbons (Fsp3) is 0.333. The summed E-state index contributed by atoms with van der Waals surface area (Å²) in [6.07, 6.45) is 12.1. The molecule has 3 rings (SSSR count). The van der Waals surface area contributed by atoms with Crippen LogP contribution >= 0.6 is 0 Å². The van der Waals surface area contributed by atoms with Crippen LogP contribution in [0, 0.1) is 0 Å². The topological polar surface area (TPSA) is 54.2 Å². The molecule has 2 N–H and O–H groups in total. The van der Waals surface area contributed by atoms with Gasteiger partial charge in [0.2, 0.25) is 0 Å². The zero-order chi connectivity index (χ0) is 15.9. The average Bonchev–Trinajstić information content (AvgIpc) is 3.27. The van der Waals surface area contributed by atoms with Gasteiger partial charge in [-0.15, -0.1) is 0 Å². The number of para-hydroxylation sites is 1. The molecule has 23 heavy (non-hydrogen) atoms. The smallest absolute Gasteiger partial charge is 0.191 e. The van der Waals surface area contributed by atoms with Crippen molar-refractivity contribution in [3.63, 3.8) is 0 Å². The first-order valence-corrected chi connectivity index (χ1v) is 8.13. The van der Waals surface area contributed by atoms with Crippen molar-refractivity contribution in [1.29, 1.82) is 0 Å². The Kier molecular flexibility index (Phi) is 5.09. The molecule has 5 nitrogen and oxygen atoms in total. The SMILES string of the molecule is CCNC(=NCc1ccccc1-n1ccnc1)NC1CC=CC1. The van der Waals surface area contributed by atoms with Gasteiger partial charge in [0.05, 0.1) is 18.6 Å². The molecule has 1 aromatic heterocycles. The summed E-state index contributed by atoms with van der Waals surface area (Å²) in [6.45, 7) is 3.57. The van der Waals surface area contributed by atoms with Crippen LogP contribution in [0.5, 0.6) is 0 Å². The second-order valence-electron chi connectivity index (χ2n) is 5.58. The monoisotopic (exact) mass is 309 g/mol. The van der Waals surface area contributed by atoms with Crippen LogP contribution in [0.1, 0.15) is 25.3 Å². The van der Waals surface area contributed by atoms with Gasteiger partial charge in [-0.3, -0.25) is 0 Å². The lowest BCUT2D eigenvalue weighted by atomic mass is 10.2. The molecular formula is C18H23N5. The summed E-state index contributed by atoms with van der Waals surface area (Å²) in [5.74, 6) is 0.877. The lowest BCUT2D eigenvalue weighted by Crippen LogP contribution is -2.42. The predicted molar refractivity (Wildman–Crippen MR) is 93.7 cm³/mol. The molecule has 1 aliphatic carbocycles. The Morgan fingerprint density at radius 3 is 2.87 bits per heavy atom. The summed E-state index contributed by atoms with van der Waals surface area (Å²) in [4.78, 5) is 8.88. The zero-order valence-corrected chi connectivity index (χ0v) is 13.4. The van der Waals surface area contributed by atoms with Gasteiger partial charge in [-0.05, 0) is 31.4 Å². The molecule has 2 aromatic rings. The third-order valence-corrected chi connectivity index (χ3v) is 3.87. The Morgan fingerprint density at radius 2 is 2.13 bits per heavy atom. The number of hydrogen-bond donors (Lipinski definition) is 2. The molecule has 0 spiro atoms. The second kappa shape index (κ2) is 7.63. The van der Waals surface area contributed by atoms with E-state index in [1.807, 2.05) is 29.2 Å². The Labute approximate surface area is 137 Å². The van der Waals surface area contributed by atoms with E-state index in [9.17, 15) is 0 Å². The highest BCUT2D eigenvalue weighted by Crippen LogP contribution is 2.15. The predicted octanol–water partition coefficient (Wildman–Crippen LogP) is 2.65. The van der Waals surface area contributed by atoms with Gasteiger partial charge in [0.25, 0.3) is 0 Å². The summed E-state index contributed by atoms with van der Waals surface area (Å²) >= 11 is 0. The molecule has 1 aromatic carbocycles. The van der Waals surface area contributed by atoms with Crippen molar-refractivity contribution in [2.24, 2.45) is 4.99 Å². The van der Waals surface area contributed by atoms with Crippen LogP contribution in [0.4, 0.5) is 0 Å². The number of benzene rings is 1. The van der Waals surface area contributed by atoms with Gasteiger partial charge in [0.1, 0.15) is 0 Å². The minimum absolute atomic E-state index is 0.455. The summed E-state index contributed by atoms with van der Waals surface area (Å²) in [6, 6.07) is 8.74. The summed E-state index contributed by atoms with van der Waals surface area (Å²) in [5, 5.41) is 6.82. The molecular weight excluding hydrogens is 286 g/mol. The lowest BCUT2D eigenvalue weighted by molar-refractivity contribution is 0.633. The van der Waals surface area contributed by atoms with Crippen molar-refractivity contribution < 1.29 is 0 Å². The molecule has 1 heterocycles. The third-order valence-electron chi connectivity index (χ3n) is 3.87. The van der Waals surface area contributed by atoms with Crippen LogP contribution in [0.2, 0.25) is 0 Å². The minimum atomic E-state index is 0.455. The van der Waals surface area contributed by atoms with Crippen LogP contribution in [0.25, 0.3) is 5.69 Å². The first-order valence-electron chi connectivity index (χ1n) is 8.13. The van der Waals surface area contributed by atoms with Crippen LogP contribution in [0.15, 0.2) is 60.1 Å². The van der Waals surface area contributed by atoms with Crippen molar-refractivity contribution in [3.8, 4) is 5.69 Å². The molecule has 0 radical (unpaired) electrons. The zero-order valence-electron chi connectivity index (χ0n) is 13.4. The van der Waals surface area contributed by atoms with Crippen LogP contribution in [0.3, 0.4) is 0 Å². The maximum atomic E-state index is 4.75. The Balaban J connectivity index is 1.74. The minimum Gasteiger partial charge on any atom is -0.357 e. The molecule has 120 valence electrons. The van der Waals surface area contributed by atoms with E-state index < -0.39 is 0 Å². The van der Waals surface area contributed by atoms with E-state index in [0.717, 1.165) is 31.0 Å². The number of nitrogens with one attached hydrogen (secondary N) is 2. The van der Waals surface area contributed by atoms with Gasteiger partial charge >= 0.3 is 0 Å². The Bertz CT molecular complexity index is 664. The van der Waals surface area contributed by atoms with Crippen molar-refractivity contribution in [3.05, 3.63) is 60.7 Å². The maximum absolute atomic E-state index is 4.75. The van der Waals surface area contributed by atoms with Crippen LogP contribution in [-0.4, -0.2) is 28.1 Å². The molecule has 5 heteroatoms. The van der Waals surface area contributed by atoms with Gasteiger partial charge < -0.3 is 15.2 Å². The summed E-state index contributed by atoms with van der Waals surface area (Å²) in [7, 11) is 0. The third kappa shape index (κ3) is 4.00. The number of rotatable bonds is 5. The van der Waals surface area contributed by atoms with E-state index in [2.05, 4.69) is 46.8 Å². The normalized spacial score (nSPS) is 15.1. The molecule has 0 aliphatic heterocycles. The molecule has 0 atom stereocenters. The number of aliphatic imine (C=N–C) groups is 1. The molecule has 0 amide bonds. The second-order valence-corrected chi connectivity index (χ2v) is 5.58. The lowest BCUT2D eigenvalue weighted by Gasteiger charge is -2.17. The highest BCUT2D eigenvalue weighted by atomic mass is 15.2. The van der Waals surface area contributed by atoms with E-state index in [1.54, 1.807) is 6.20 Å². The van der Waals surface area contributed by atoms with Crippen molar-refractivity contribution in [2.45, 2.75) is 32.4 Å². The van der Waals surface area contributed by atoms with Crippen LogP contribution in [-0.2, 0) is 6.54 Å². The largest absolute Gasteiger partial charge is 0.357 e. The molecule has 0 saturated carbocycles. The van der Waals surface area contributed by atoms with Gasteiger partial charge in [0.15, 0.2) is 5.96 Å². The van der Waals surface area contributed by atoms with E-state index >= 15 is 0 Å². The molecule has 0 saturated heterocycles. The highest BCUT2D eigenvalue weighted by Gasteiger charge is 2.11. The number of hydrogen-bond acceptors (Lipinski definition) is 2. The summed E-state index contributed by atoms with van der Waals surface area (Å²) in [5.41, 5.74) is 2.29. The van der Waals surface area contributed by atoms with Gasteiger partial charge in [-0.2, -0.15) is 0 Å². The quantitative estimate of drug-likeness (QED) is 0.507. The number of nitrogens with zero attached hydrogens (tertiary/aromatic N) is 3. The molecule has 0 unspecified atom stereocenters. The number of guanidine groups is 1. The first-order chi connectivity index (χ1) is 11.4. The summed E-state index contributed by atoms with van der Waals surface area (Å²) < 4.78 is 2.02. The van der Waals surface area contributed by atoms with E-state index in [1.165, 1.54) is 5.56 Å². The maximum Gasteiger partial charge on any atom is 0.191 e. The Hall–Kier alpha value is -2.56. The van der Waals surface area contributed by atoms with Gasteiger partial charge in [-0.25, -0.2) is 9.98 Å². The van der Waals surface area contributed by atoms with E-state index in [-0.39, 0.29) is 0 Å². The van der Waals surface area contributed by atoms with Crippen molar-refractivity contribution >= 4 is 5.96 Å². The van der Waals surface area contributed by atoms with Crippen molar-refractivity contribution in [1.82, 2.24) is 20.2 Å². The van der Waals surface area contributed by atoms with E-state index in [0.29, 0.717) is 12.6 Å². The first kappa shape index (κ1) is 15.3. The fourth-order valence-electron chi connectivity index (χ4n) is 2.71. The van der Waals surface area contributed by atoms with Crippen LogP contribution < -0.4 is 10.6 Å². The van der Waals surface area contributed by atoms with Crippen molar-refractivity contribution in [2.75, 3.05) is 6.54 Å². The van der Waals surface area contributed by atoms with Gasteiger partial charge in [-0.1, -0.05) is 30.4 Å². The number of imidazole rings is 1. The molecule has 1 aliphatic rings. The fourth-order valence-corrected chi connectivity index (χ4v) is 2.71. The highest BCUT2D eigenvalue weighted by molar-refractivity contribution is 5.80. The standard InChI is InChI=1S/C18H23N5/c1-2-20-18(22-16-8-4-5-9-16)21-13-15-7-3-6-10-17(15)23-12-11-19-14-23/h3-7,10-12,14,16H,2,8-9,13H2,1H3,(H2,20,21,22). The molecule has 0 bridgehead atoms. The molecule has 0 fully saturated rings. The van der Waals surface area contributed by atoms with Gasteiger partial charge in [0, 0.05) is 25.0 Å². The van der Waals surface area contributed by atoms with E-state index in [4.69, 9.17) is 4.99 Å². The Morgan fingerprint density at radius 1 is 1.30 bits per heavy atom. The average molecular weight is 309 g/mol.